The van der Waals surface area contributed by atoms with Crippen LogP contribution in [0.15, 0.2) is 47.5 Å². The molecular formula is C21H24ClN3O2. The third-order valence-corrected chi connectivity index (χ3v) is 5.82. The number of phenolic OH excluding ortho intramolecular Hbond substituents is 2. The lowest BCUT2D eigenvalue weighted by molar-refractivity contribution is 0.144. The fraction of sp³-hybridized carbons (Fsp3) is 0.381. The second-order valence-corrected chi connectivity index (χ2v) is 7.95. The second kappa shape index (κ2) is 7.15. The summed E-state index contributed by atoms with van der Waals surface area (Å²) >= 11 is 6.20. The molecule has 0 bridgehead atoms. The van der Waals surface area contributed by atoms with Gasteiger partial charge in [-0.3, -0.25) is 10.3 Å². The maximum atomic E-state index is 10.4. The Morgan fingerprint density at radius 3 is 2.59 bits per heavy atom. The maximum absolute atomic E-state index is 10.4. The van der Waals surface area contributed by atoms with Crippen molar-refractivity contribution in [2.45, 2.75) is 31.0 Å². The van der Waals surface area contributed by atoms with E-state index in [0.29, 0.717) is 11.4 Å². The molecule has 1 fully saturated rings. The van der Waals surface area contributed by atoms with Crippen LogP contribution >= 0.6 is 11.6 Å². The summed E-state index contributed by atoms with van der Waals surface area (Å²) in [6, 6.07) is 12.3. The number of aliphatic imine (C=N–C) groups is 1. The predicted molar refractivity (Wildman–Crippen MR) is 108 cm³/mol. The van der Waals surface area contributed by atoms with Gasteiger partial charge in [0.1, 0.15) is 17.2 Å². The number of aromatic hydroxyl groups is 2. The van der Waals surface area contributed by atoms with Crippen molar-refractivity contribution in [2.24, 2.45) is 4.99 Å². The van der Waals surface area contributed by atoms with Crippen molar-refractivity contribution in [1.82, 2.24) is 10.2 Å². The van der Waals surface area contributed by atoms with E-state index in [4.69, 9.17) is 16.6 Å². The molecule has 0 aromatic heterocycles. The van der Waals surface area contributed by atoms with E-state index < -0.39 is 5.66 Å². The Hall–Kier alpha value is -2.08. The summed E-state index contributed by atoms with van der Waals surface area (Å²) in [4.78, 5) is 7.36. The van der Waals surface area contributed by atoms with Crippen LogP contribution in [0.3, 0.4) is 0 Å². The molecule has 2 heterocycles. The summed E-state index contributed by atoms with van der Waals surface area (Å²) in [5.41, 5.74) is 1.98. The van der Waals surface area contributed by atoms with Gasteiger partial charge >= 0.3 is 0 Å². The van der Waals surface area contributed by atoms with Crippen LogP contribution in [-0.2, 0) is 0 Å². The molecule has 142 valence electrons. The van der Waals surface area contributed by atoms with Crippen LogP contribution < -0.4 is 5.32 Å². The first kappa shape index (κ1) is 18.3. The average molecular weight is 386 g/mol. The van der Waals surface area contributed by atoms with Crippen molar-refractivity contribution in [1.29, 1.82) is 0 Å². The molecule has 0 radical (unpaired) electrons. The Bertz CT molecular complexity index is 875. The van der Waals surface area contributed by atoms with E-state index in [-0.39, 0.29) is 17.5 Å². The summed E-state index contributed by atoms with van der Waals surface area (Å²) in [7, 11) is 2.11. The van der Waals surface area contributed by atoms with E-state index in [1.54, 1.807) is 18.2 Å². The van der Waals surface area contributed by atoms with Crippen molar-refractivity contribution >= 4 is 17.3 Å². The molecule has 1 atom stereocenters. The van der Waals surface area contributed by atoms with Gasteiger partial charge in [0, 0.05) is 47.4 Å². The van der Waals surface area contributed by atoms with E-state index in [1.165, 1.54) is 0 Å². The number of hydrogen-bond acceptors (Lipinski definition) is 5. The molecule has 2 aromatic carbocycles. The van der Waals surface area contributed by atoms with Crippen LogP contribution in [-0.4, -0.2) is 46.6 Å². The highest BCUT2D eigenvalue weighted by Crippen LogP contribution is 2.39. The van der Waals surface area contributed by atoms with Crippen LogP contribution in [0.1, 0.15) is 36.4 Å². The summed E-state index contributed by atoms with van der Waals surface area (Å²) in [6.07, 6.45) is 2.32. The van der Waals surface area contributed by atoms with E-state index in [1.807, 2.05) is 24.3 Å². The number of rotatable bonds is 2. The molecule has 2 aliphatic rings. The smallest absolute Gasteiger partial charge is 0.124 e. The van der Waals surface area contributed by atoms with Gasteiger partial charge in [0.05, 0.1) is 0 Å². The maximum Gasteiger partial charge on any atom is 0.124 e. The molecule has 3 N–H and O–H groups in total. The highest BCUT2D eigenvalue weighted by Gasteiger charge is 2.40. The molecule has 27 heavy (non-hydrogen) atoms. The van der Waals surface area contributed by atoms with Crippen LogP contribution in [0.2, 0.25) is 5.02 Å². The Kier molecular flexibility index (Phi) is 4.84. The largest absolute Gasteiger partial charge is 0.508 e. The van der Waals surface area contributed by atoms with Gasteiger partial charge in [-0.25, -0.2) is 0 Å². The molecule has 5 nitrogen and oxygen atoms in total. The molecule has 0 aliphatic carbocycles. The molecule has 1 unspecified atom stereocenters. The van der Waals surface area contributed by atoms with Crippen molar-refractivity contribution in [3.8, 4) is 11.5 Å². The molecule has 2 aliphatic heterocycles. The van der Waals surface area contributed by atoms with Crippen molar-refractivity contribution in [2.75, 3.05) is 20.1 Å². The highest BCUT2D eigenvalue weighted by molar-refractivity contribution is 6.30. The van der Waals surface area contributed by atoms with Gasteiger partial charge in [-0.15, -0.1) is 0 Å². The third kappa shape index (κ3) is 3.68. The van der Waals surface area contributed by atoms with Crippen molar-refractivity contribution in [3.63, 3.8) is 0 Å². The number of nitrogens with zero attached hydrogens (tertiary/aromatic N) is 2. The monoisotopic (exact) mass is 385 g/mol. The lowest BCUT2D eigenvalue weighted by Gasteiger charge is -2.44. The van der Waals surface area contributed by atoms with Gasteiger partial charge in [-0.1, -0.05) is 23.7 Å². The van der Waals surface area contributed by atoms with E-state index in [0.717, 1.165) is 42.8 Å². The molecule has 1 saturated heterocycles. The van der Waals surface area contributed by atoms with Crippen LogP contribution in [0, 0.1) is 0 Å². The van der Waals surface area contributed by atoms with Crippen molar-refractivity contribution in [3.05, 3.63) is 58.6 Å². The molecular weight excluding hydrogens is 362 g/mol. The Balaban J connectivity index is 1.77. The quantitative estimate of drug-likeness (QED) is 0.737. The van der Waals surface area contributed by atoms with Gasteiger partial charge in [0.2, 0.25) is 0 Å². The zero-order chi connectivity index (χ0) is 19.0. The summed E-state index contributed by atoms with van der Waals surface area (Å²) < 4.78 is 0. The molecule has 0 saturated carbocycles. The number of phenols is 2. The topological polar surface area (TPSA) is 68.1 Å². The van der Waals surface area contributed by atoms with Gasteiger partial charge < -0.3 is 15.1 Å². The summed E-state index contributed by atoms with van der Waals surface area (Å²) in [5.74, 6) is 0.453. The van der Waals surface area contributed by atoms with Crippen LogP contribution in [0.25, 0.3) is 0 Å². The van der Waals surface area contributed by atoms with Gasteiger partial charge in [-0.05, 0) is 50.2 Å². The van der Waals surface area contributed by atoms with Crippen molar-refractivity contribution < 1.29 is 10.2 Å². The number of benzene rings is 2. The normalized spacial score (nSPS) is 22.6. The van der Waals surface area contributed by atoms with Gasteiger partial charge in [0.15, 0.2) is 0 Å². The molecule has 0 amide bonds. The first-order chi connectivity index (χ1) is 13.0. The second-order valence-electron chi connectivity index (χ2n) is 7.51. The fourth-order valence-electron chi connectivity index (χ4n) is 4.03. The first-order valence-electron chi connectivity index (χ1n) is 9.27. The van der Waals surface area contributed by atoms with Crippen LogP contribution in [0.5, 0.6) is 11.5 Å². The van der Waals surface area contributed by atoms with Gasteiger partial charge in [-0.2, -0.15) is 0 Å². The minimum absolute atomic E-state index is 0.126. The molecule has 2 aromatic rings. The first-order valence-corrected chi connectivity index (χ1v) is 9.65. The lowest BCUT2D eigenvalue weighted by Crippen LogP contribution is -2.55. The van der Waals surface area contributed by atoms with Crippen LogP contribution in [0.4, 0.5) is 0 Å². The van der Waals surface area contributed by atoms with Gasteiger partial charge in [0.25, 0.3) is 0 Å². The number of likely N-dealkylation sites (tertiary alicyclic amines) is 1. The predicted octanol–water partition coefficient (Wildman–Crippen LogP) is 3.70. The number of nitrogens with one attached hydrogen (secondary N) is 1. The Morgan fingerprint density at radius 2 is 1.85 bits per heavy atom. The molecule has 6 heteroatoms. The Labute approximate surface area is 164 Å². The van der Waals surface area contributed by atoms with E-state index in [9.17, 15) is 10.2 Å². The minimum atomic E-state index is -0.401. The Morgan fingerprint density at radius 1 is 1.11 bits per heavy atom. The van der Waals surface area contributed by atoms with E-state index in [2.05, 4.69) is 17.3 Å². The fourth-order valence-corrected chi connectivity index (χ4v) is 4.21. The zero-order valence-electron chi connectivity index (χ0n) is 15.3. The number of para-hydroxylation sites is 1. The number of halogens is 1. The third-order valence-electron chi connectivity index (χ3n) is 5.58. The standard InChI is InChI=1S/C21H24ClN3O2/c1-25-10-8-21(9-11-25)23-17(15-4-2-3-5-19(15)26)13-18(24-21)16-12-14(22)6-7-20(16)27/h2-7,12,18,24,26-27H,8-11,13H2,1H3. The zero-order valence-corrected chi connectivity index (χ0v) is 16.1. The number of piperidine rings is 1. The summed E-state index contributed by atoms with van der Waals surface area (Å²) in [6.45, 7) is 1.89. The minimum Gasteiger partial charge on any atom is -0.508 e. The highest BCUT2D eigenvalue weighted by atomic mass is 35.5. The lowest BCUT2D eigenvalue weighted by atomic mass is 9.87. The SMILES string of the molecule is CN1CCC2(CC1)N=C(c1ccccc1O)CC(c1cc(Cl)ccc1O)N2. The average Bonchev–Trinajstić information content (AvgIpc) is 2.66. The molecule has 4 rings (SSSR count). The van der Waals surface area contributed by atoms with E-state index >= 15 is 0 Å². The number of hydrogen-bond donors (Lipinski definition) is 3. The molecule has 1 spiro atoms. The summed E-state index contributed by atoms with van der Waals surface area (Å²) in [5, 5.41) is 25.1.